The van der Waals surface area contributed by atoms with E-state index >= 15 is 0 Å². The minimum absolute atomic E-state index is 0. The van der Waals surface area contributed by atoms with Gasteiger partial charge in [0.1, 0.15) is 5.75 Å². The Kier molecular flexibility index (Phi) is 5.55. The maximum Gasteiger partial charge on any atom is 0.115 e. The summed E-state index contributed by atoms with van der Waals surface area (Å²) in [6.45, 7) is 5.15. The van der Waals surface area contributed by atoms with Gasteiger partial charge in [-0.2, -0.15) is 0 Å². The van der Waals surface area contributed by atoms with Gasteiger partial charge in [0.15, 0.2) is 0 Å². The molecule has 1 aromatic carbocycles. The average Bonchev–Trinajstić information content (AvgIpc) is 2.25. The standard InChI is InChI=1S/C11H15BrN2O.ClH/c12-11-2-1-10(15)7-9(11)8-14-5-3-13-4-6-14;/h1-2,7,13,15H,3-6,8H2;1H. The van der Waals surface area contributed by atoms with Crippen LogP contribution in [0.4, 0.5) is 0 Å². The highest BCUT2D eigenvalue weighted by molar-refractivity contribution is 9.10. The van der Waals surface area contributed by atoms with Crippen molar-refractivity contribution < 1.29 is 5.11 Å². The van der Waals surface area contributed by atoms with Crippen molar-refractivity contribution in [1.29, 1.82) is 0 Å². The van der Waals surface area contributed by atoms with Crippen LogP contribution in [-0.4, -0.2) is 36.2 Å². The van der Waals surface area contributed by atoms with E-state index in [4.69, 9.17) is 0 Å². The van der Waals surface area contributed by atoms with Gasteiger partial charge in [-0.3, -0.25) is 4.90 Å². The lowest BCUT2D eigenvalue weighted by molar-refractivity contribution is 0.232. The summed E-state index contributed by atoms with van der Waals surface area (Å²) in [6.07, 6.45) is 0. The van der Waals surface area contributed by atoms with Crippen LogP contribution in [0.3, 0.4) is 0 Å². The molecule has 0 amide bonds. The van der Waals surface area contributed by atoms with Crippen molar-refractivity contribution in [2.24, 2.45) is 0 Å². The maximum atomic E-state index is 9.42. The minimum atomic E-state index is 0. The Labute approximate surface area is 110 Å². The van der Waals surface area contributed by atoms with E-state index in [1.807, 2.05) is 12.1 Å². The van der Waals surface area contributed by atoms with Crippen LogP contribution in [0.1, 0.15) is 5.56 Å². The summed E-state index contributed by atoms with van der Waals surface area (Å²) in [7, 11) is 0. The summed E-state index contributed by atoms with van der Waals surface area (Å²) in [6, 6.07) is 5.42. The summed E-state index contributed by atoms with van der Waals surface area (Å²) >= 11 is 3.50. The van der Waals surface area contributed by atoms with Gasteiger partial charge >= 0.3 is 0 Å². The predicted octanol–water partition coefficient (Wildman–Crippen LogP) is 1.98. The number of rotatable bonds is 2. The fourth-order valence-corrected chi connectivity index (χ4v) is 2.16. The fraction of sp³-hybridized carbons (Fsp3) is 0.455. The van der Waals surface area contributed by atoms with Gasteiger partial charge in [-0.25, -0.2) is 0 Å². The number of phenolic OH excluding ortho intramolecular Hbond substituents is 1. The number of halogens is 2. The summed E-state index contributed by atoms with van der Waals surface area (Å²) in [5.41, 5.74) is 1.15. The molecular formula is C11H16BrClN2O. The molecule has 0 aromatic heterocycles. The smallest absolute Gasteiger partial charge is 0.115 e. The summed E-state index contributed by atoms with van der Waals surface area (Å²) in [5, 5.41) is 12.7. The topological polar surface area (TPSA) is 35.5 Å². The van der Waals surface area contributed by atoms with Gasteiger partial charge in [0.2, 0.25) is 0 Å². The van der Waals surface area contributed by atoms with E-state index in [9.17, 15) is 5.11 Å². The molecule has 1 aliphatic heterocycles. The van der Waals surface area contributed by atoms with E-state index in [2.05, 4.69) is 26.1 Å². The molecule has 0 aliphatic carbocycles. The quantitative estimate of drug-likeness (QED) is 0.877. The lowest BCUT2D eigenvalue weighted by Gasteiger charge is -2.27. The van der Waals surface area contributed by atoms with Crippen LogP contribution in [0.5, 0.6) is 5.75 Å². The van der Waals surface area contributed by atoms with Gasteiger partial charge in [-0.15, -0.1) is 12.4 Å². The van der Waals surface area contributed by atoms with Crippen molar-refractivity contribution in [3.8, 4) is 5.75 Å². The molecule has 1 aliphatic rings. The van der Waals surface area contributed by atoms with Crippen LogP contribution in [0, 0.1) is 0 Å². The number of piperazine rings is 1. The van der Waals surface area contributed by atoms with E-state index in [0.29, 0.717) is 5.75 Å². The Morgan fingerprint density at radius 3 is 2.69 bits per heavy atom. The first-order valence-corrected chi connectivity index (χ1v) is 5.95. The number of nitrogens with zero attached hydrogens (tertiary/aromatic N) is 1. The molecule has 16 heavy (non-hydrogen) atoms. The van der Waals surface area contributed by atoms with Crippen LogP contribution < -0.4 is 5.32 Å². The molecule has 0 spiro atoms. The van der Waals surface area contributed by atoms with E-state index in [-0.39, 0.29) is 12.4 Å². The van der Waals surface area contributed by atoms with Crippen molar-refractivity contribution in [1.82, 2.24) is 10.2 Å². The molecule has 5 heteroatoms. The lowest BCUT2D eigenvalue weighted by atomic mass is 10.2. The van der Waals surface area contributed by atoms with Crippen molar-refractivity contribution in [2.45, 2.75) is 6.54 Å². The van der Waals surface area contributed by atoms with Gasteiger partial charge < -0.3 is 10.4 Å². The zero-order valence-corrected chi connectivity index (χ0v) is 11.4. The molecule has 0 saturated carbocycles. The number of hydrogen-bond acceptors (Lipinski definition) is 3. The molecule has 0 unspecified atom stereocenters. The van der Waals surface area contributed by atoms with E-state index in [1.165, 1.54) is 0 Å². The zero-order chi connectivity index (χ0) is 10.7. The molecule has 0 radical (unpaired) electrons. The number of phenols is 1. The largest absolute Gasteiger partial charge is 0.508 e. The predicted molar refractivity (Wildman–Crippen MR) is 71.2 cm³/mol. The number of benzene rings is 1. The first-order valence-electron chi connectivity index (χ1n) is 5.16. The molecule has 1 saturated heterocycles. The normalized spacial score (nSPS) is 16.8. The summed E-state index contributed by atoms with van der Waals surface area (Å²) < 4.78 is 1.07. The van der Waals surface area contributed by atoms with Crippen LogP contribution >= 0.6 is 28.3 Å². The Morgan fingerprint density at radius 2 is 2.00 bits per heavy atom. The van der Waals surface area contributed by atoms with Gasteiger partial charge in [0.25, 0.3) is 0 Å². The third-order valence-corrected chi connectivity index (χ3v) is 3.41. The number of aromatic hydroxyl groups is 1. The molecule has 1 fully saturated rings. The molecule has 1 heterocycles. The van der Waals surface area contributed by atoms with Crippen molar-refractivity contribution in [2.75, 3.05) is 26.2 Å². The van der Waals surface area contributed by atoms with E-state index in [0.717, 1.165) is 42.8 Å². The minimum Gasteiger partial charge on any atom is -0.508 e. The third kappa shape index (κ3) is 3.63. The number of nitrogens with one attached hydrogen (secondary N) is 1. The van der Waals surface area contributed by atoms with Crippen molar-refractivity contribution >= 4 is 28.3 Å². The molecule has 2 rings (SSSR count). The SMILES string of the molecule is Cl.Oc1ccc(Br)c(CN2CCNCC2)c1. The van der Waals surface area contributed by atoms with E-state index < -0.39 is 0 Å². The van der Waals surface area contributed by atoms with Crippen molar-refractivity contribution in [3.63, 3.8) is 0 Å². The lowest BCUT2D eigenvalue weighted by Crippen LogP contribution is -2.42. The second kappa shape index (κ2) is 6.45. The van der Waals surface area contributed by atoms with E-state index in [1.54, 1.807) is 6.07 Å². The van der Waals surface area contributed by atoms with Gasteiger partial charge in [0.05, 0.1) is 0 Å². The van der Waals surface area contributed by atoms with Crippen LogP contribution in [-0.2, 0) is 6.54 Å². The third-order valence-electron chi connectivity index (χ3n) is 2.63. The second-order valence-electron chi connectivity index (χ2n) is 3.80. The van der Waals surface area contributed by atoms with Crippen LogP contribution in [0.15, 0.2) is 22.7 Å². The highest BCUT2D eigenvalue weighted by Crippen LogP contribution is 2.23. The molecular weight excluding hydrogens is 291 g/mol. The Bertz CT molecular complexity index is 343. The van der Waals surface area contributed by atoms with Crippen LogP contribution in [0.25, 0.3) is 0 Å². The average molecular weight is 308 g/mol. The van der Waals surface area contributed by atoms with Crippen molar-refractivity contribution in [3.05, 3.63) is 28.2 Å². The Balaban J connectivity index is 0.00000128. The first kappa shape index (κ1) is 13.8. The van der Waals surface area contributed by atoms with Gasteiger partial charge in [-0.1, -0.05) is 15.9 Å². The van der Waals surface area contributed by atoms with Gasteiger partial charge in [-0.05, 0) is 23.8 Å². The molecule has 2 N–H and O–H groups in total. The number of hydrogen-bond donors (Lipinski definition) is 2. The summed E-state index contributed by atoms with van der Waals surface area (Å²) in [4.78, 5) is 2.38. The molecule has 3 nitrogen and oxygen atoms in total. The highest BCUT2D eigenvalue weighted by Gasteiger charge is 2.11. The highest BCUT2D eigenvalue weighted by atomic mass is 79.9. The second-order valence-corrected chi connectivity index (χ2v) is 4.66. The molecule has 90 valence electrons. The van der Waals surface area contributed by atoms with Gasteiger partial charge in [0, 0.05) is 37.2 Å². The molecule has 0 atom stereocenters. The zero-order valence-electron chi connectivity index (χ0n) is 8.95. The first-order chi connectivity index (χ1) is 7.25. The maximum absolute atomic E-state index is 9.42. The summed E-state index contributed by atoms with van der Waals surface area (Å²) in [5.74, 6) is 0.336. The molecule has 1 aromatic rings. The van der Waals surface area contributed by atoms with Crippen LogP contribution in [0.2, 0.25) is 0 Å². The molecule has 0 bridgehead atoms. The monoisotopic (exact) mass is 306 g/mol. The fourth-order valence-electron chi connectivity index (χ4n) is 1.79. The Morgan fingerprint density at radius 1 is 1.31 bits per heavy atom. The Hall–Kier alpha value is -0.290.